The lowest BCUT2D eigenvalue weighted by Gasteiger charge is -2.35. The number of para-hydroxylation sites is 1. The Morgan fingerprint density at radius 2 is 1.78 bits per heavy atom. The van der Waals surface area contributed by atoms with Crippen LogP contribution in [0.1, 0.15) is 56.3 Å². The van der Waals surface area contributed by atoms with Crippen LogP contribution in [0.15, 0.2) is 79.1 Å². The smallest absolute Gasteiger partial charge is 0.320 e. The number of anilines is 1. The topological polar surface area (TPSA) is 142 Å². The number of non-ortho nitro benzene ring substituents is 1. The van der Waals surface area contributed by atoms with Crippen molar-refractivity contribution in [2.45, 2.75) is 57.0 Å². The first-order valence-electron chi connectivity index (χ1n) is 13.9. The molecule has 5 rings (SSSR count). The molecule has 1 saturated carbocycles. The average Bonchev–Trinajstić information content (AvgIpc) is 3.39. The Hall–Kier alpha value is -4.73. The van der Waals surface area contributed by atoms with E-state index in [2.05, 4.69) is 25.9 Å². The van der Waals surface area contributed by atoms with Crippen LogP contribution in [0.5, 0.6) is 0 Å². The fourth-order valence-electron chi connectivity index (χ4n) is 5.68. The molecule has 0 spiro atoms. The van der Waals surface area contributed by atoms with Crippen LogP contribution >= 0.6 is 0 Å². The quantitative estimate of drug-likeness (QED) is 0.148. The zero-order valence-corrected chi connectivity index (χ0v) is 22.9. The lowest BCUT2D eigenvalue weighted by Crippen LogP contribution is -2.60. The van der Waals surface area contributed by atoms with E-state index in [4.69, 9.17) is 0 Å². The molecule has 10 heteroatoms. The van der Waals surface area contributed by atoms with Gasteiger partial charge in [-0.1, -0.05) is 43.5 Å². The lowest BCUT2D eigenvalue weighted by atomic mass is 9.81. The van der Waals surface area contributed by atoms with Crippen LogP contribution < -0.4 is 16.0 Å². The van der Waals surface area contributed by atoms with Gasteiger partial charge in [-0.05, 0) is 61.6 Å². The largest absolute Gasteiger partial charge is 0.361 e. The Labute approximate surface area is 238 Å². The second kappa shape index (κ2) is 12.2. The van der Waals surface area contributed by atoms with Gasteiger partial charge >= 0.3 is 6.03 Å². The fourth-order valence-corrected chi connectivity index (χ4v) is 5.68. The maximum Gasteiger partial charge on any atom is 0.320 e. The predicted molar refractivity (Wildman–Crippen MR) is 157 cm³/mol. The third-order valence-corrected chi connectivity index (χ3v) is 7.86. The molecule has 10 nitrogen and oxygen atoms in total. The molecule has 2 atom stereocenters. The number of hydrogen-bond donors (Lipinski definition) is 4. The summed E-state index contributed by atoms with van der Waals surface area (Å²) < 4.78 is 0. The van der Waals surface area contributed by atoms with Crippen LogP contribution in [0.2, 0.25) is 0 Å². The molecule has 2 aromatic heterocycles. The maximum absolute atomic E-state index is 14.2. The van der Waals surface area contributed by atoms with Gasteiger partial charge in [-0.25, -0.2) is 4.79 Å². The van der Waals surface area contributed by atoms with Crippen molar-refractivity contribution in [1.29, 1.82) is 0 Å². The van der Waals surface area contributed by atoms with Gasteiger partial charge < -0.3 is 20.9 Å². The van der Waals surface area contributed by atoms with Crippen molar-refractivity contribution in [2.24, 2.45) is 5.92 Å². The molecule has 4 aromatic rings. The highest BCUT2D eigenvalue weighted by atomic mass is 16.6. The van der Waals surface area contributed by atoms with Crippen molar-refractivity contribution in [1.82, 2.24) is 20.6 Å². The van der Waals surface area contributed by atoms with Gasteiger partial charge in [0.2, 0.25) is 5.91 Å². The molecule has 212 valence electrons. The number of rotatable bonds is 9. The Balaban J connectivity index is 1.42. The summed E-state index contributed by atoms with van der Waals surface area (Å²) in [5, 5.41) is 20.9. The predicted octanol–water partition coefficient (Wildman–Crippen LogP) is 6.03. The molecular formula is C31H34N6O4. The molecule has 41 heavy (non-hydrogen) atoms. The molecule has 2 aromatic carbocycles. The van der Waals surface area contributed by atoms with Gasteiger partial charge in [-0.15, -0.1) is 0 Å². The van der Waals surface area contributed by atoms with Gasteiger partial charge in [0.1, 0.15) is 5.54 Å². The van der Waals surface area contributed by atoms with E-state index in [9.17, 15) is 19.7 Å². The van der Waals surface area contributed by atoms with Crippen LogP contribution in [0.25, 0.3) is 10.9 Å². The number of carbonyl (C=O) groups excluding carboxylic acids is 2. The van der Waals surface area contributed by atoms with Crippen molar-refractivity contribution >= 4 is 34.2 Å². The molecule has 3 amide bonds. The van der Waals surface area contributed by atoms with Gasteiger partial charge in [0.25, 0.3) is 5.69 Å². The van der Waals surface area contributed by atoms with Crippen LogP contribution in [0.4, 0.5) is 16.2 Å². The van der Waals surface area contributed by atoms with Crippen LogP contribution in [-0.4, -0.2) is 32.4 Å². The van der Waals surface area contributed by atoms with Gasteiger partial charge in [0.05, 0.1) is 16.7 Å². The number of H-pyrrole nitrogens is 1. The summed E-state index contributed by atoms with van der Waals surface area (Å²) in [4.78, 5) is 45.8. The Kier molecular flexibility index (Phi) is 8.28. The third kappa shape index (κ3) is 6.54. The minimum absolute atomic E-state index is 0.0808. The average molecular weight is 555 g/mol. The number of amides is 3. The number of aromatic nitrogens is 2. The van der Waals surface area contributed by atoms with E-state index in [1.807, 2.05) is 48.7 Å². The number of urea groups is 1. The van der Waals surface area contributed by atoms with E-state index in [-0.39, 0.29) is 30.0 Å². The maximum atomic E-state index is 14.2. The highest BCUT2D eigenvalue weighted by Gasteiger charge is 2.39. The molecule has 1 aliphatic carbocycles. The highest BCUT2D eigenvalue weighted by Crippen LogP contribution is 2.34. The first-order chi connectivity index (χ1) is 19.8. The molecule has 0 bridgehead atoms. The molecule has 1 aliphatic rings. The Bertz CT molecular complexity index is 1510. The lowest BCUT2D eigenvalue weighted by molar-refractivity contribution is -0.384. The molecule has 4 N–H and O–H groups in total. The number of benzene rings is 2. The van der Waals surface area contributed by atoms with E-state index in [0.717, 1.165) is 47.8 Å². The minimum atomic E-state index is -1.34. The summed E-state index contributed by atoms with van der Waals surface area (Å²) in [5.41, 5.74) is 1.59. The number of pyridine rings is 1. The van der Waals surface area contributed by atoms with E-state index >= 15 is 0 Å². The standard InChI is InChI=1S/C31H34N6O4/c1-31(19-22-20-33-26-12-6-5-11-25(22)26,36-30(39)34-23-14-16-24(17-15-23)37(40)41)29(38)35-28(21-9-3-2-4-10-21)27-13-7-8-18-32-27/h5-8,11-18,20-21,28,33H,2-4,9-10,19H2,1H3,(H,35,38)(H2,34,36,39). The van der Waals surface area contributed by atoms with Gasteiger partial charge in [0, 0.05) is 47.5 Å². The normalized spacial score (nSPS) is 15.9. The number of hydrogen-bond acceptors (Lipinski definition) is 5. The van der Waals surface area contributed by atoms with Crippen LogP contribution in [-0.2, 0) is 11.2 Å². The number of aromatic amines is 1. The van der Waals surface area contributed by atoms with Crippen LogP contribution in [0, 0.1) is 16.0 Å². The number of nitro benzene ring substituents is 1. The number of nitrogens with one attached hydrogen (secondary N) is 4. The fraction of sp³-hybridized carbons (Fsp3) is 0.323. The third-order valence-electron chi connectivity index (χ3n) is 7.86. The van der Waals surface area contributed by atoms with Crippen molar-refractivity contribution in [2.75, 3.05) is 5.32 Å². The molecule has 0 saturated heterocycles. The number of nitro groups is 1. The van der Waals surface area contributed by atoms with Crippen LogP contribution in [0.3, 0.4) is 0 Å². The van der Waals surface area contributed by atoms with E-state index in [1.54, 1.807) is 13.1 Å². The van der Waals surface area contributed by atoms with Crippen molar-refractivity contribution < 1.29 is 14.5 Å². The zero-order valence-electron chi connectivity index (χ0n) is 22.9. The molecule has 1 fully saturated rings. The minimum Gasteiger partial charge on any atom is -0.361 e. The molecular weight excluding hydrogens is 520 g/mol. The summed E-state index contributed by atoms with van der Waals surface area (Å²) >= 11 is 0. The van der Waals surface area contributed by atoms with Gasteiger partial charge in [0.15, 0.2) is 0 Å². The van der Waals surface area contributed by atoms with Gasteiger partial charge in [-0.2, -0.15) is 0 Å². The summed E-state index contributed by atoms with van der Waals surface area (Å²) in [5.74, 6) is -0.0725. The van der Waals surface area contributed by atoms with Crippen molar-refractivity contribution in [3.8, 4) is 0 Å². The van der Waals surface area contributed by atoms with Crippen molar-refractivity contribution in [3.63, 3.8) is 0 Å². The zero-order chi connectivity index (χ0) is 28.8. The van der Waals surface area contributed by atoms with E-state index in [1.165, 1.54) is 30.7 Å². The number of fused-ring (bicyclic) bond motifs is 1. The number of carbonyl (C=O) groups is 2. The summed E-state index contributed by atoms with van der Waals surface area (Å²) in [6.07, 6.45) is 9.21. The summed E-state index contributed by atoms with van der Waals surface area (Å²) in [6, 6.07) is 18.2. The second-order valence-electron chi connectivity index (χ2n) is 10.9. The summed E-state index contributed by atoms with van der Waals surface area (Å²) in [6.45, 7) is 1.72. The Morgan fingerprint density at radius 3 is 2.49 bits per heavy atom. The summed E-state index contributed by atoms with van der Waals surface area (Å²) in [7, 11) is 0. The Morgan fingerprint density at radius 1 is 1.05 bits per heavy atom. The second-order valence-corrected chi connectivity index (χ2v) is 10.9. The molecule has 2 heterocycles. The highest BCUT2D eigenvalue weighted by molar-refractivity contribution is 5.96. The molecule has 0 radical (unpaired) electrons. The SMILES string of the molecule is CC(Cc1c[nH]c2ccccc12)(NC(=O)Nc1ccc([N+](=O)[O-])cc1)C(=O)NC(c1ccccn1)C1CCCCC1. The number of nitrogens with zero attached hydrogens (tertiary/aromatic N) is 2. The molecule has 0 aliphatic heterocycles. The first kappa shape index (κ1) is 27.8. The van der Waals surface area contributed by atoms with Crippen molar-refractivity contribution in [3.05, 3.63) is 100 Å². The monoisotopic (exact) mass is 554 g/mol. The molecule has 2 unspecified atom stereocenters. The van der Waals surface area contributed by atoms with E-state index in [0.29, 0.717) is 5.69 Å². The van der Waals surface area contributed by atoms with Gasteiger partial charge in [-0.3, -0.25) is 19.9 Å². The van der Waals surface area contributed by atoms with E-state index < -0.39 is 16.5 Å². The first-order valence-corrected chi connectivity index (χ1v) is 13.9.